The van der Waals surface area contributed by atoms with E-state index < -0.39 is 0 Å². The Morgan fingerprint density at radius 2 is 2.03 bits per heavy atom. The largest absolute Gasteiger partial charge is 0.496 e. The van der Waals surface area contributed by atoms with E-state index in [1.807, 2.05) is 18.2 Å². The number of ether oxygens (including phenoxy) is 2. The van der Waals surface area contributed by atoms with Gasteiger partial charge in [0.1, 0.15) is 17.6 Å². The highest BCUT2D eigenvalue weighted by atomic mass is 16.5. The number of rotatable bonds is 3. The second kappa shape index (κ2) is 7.45. The maximum atomic E-state index is 9.78. The first-order chi connectivity index (χ1) is 14.9. The molecule has 4 nitrogen and oxygen atoms in total. The van der Waals surface area contributed by atoms with Crippen molar-refractivity contribution in [2.45, 2.75) is 51.7 Å². The predicted octanol–water partition coefficient (Wildman–Crippen LogP) is 6.12. The standard InChI is InChI=1S/C27H31NO3/c1-16-14-27(2,3)28-20-12-11-19-24-21(30-4)9-6-10-22(24)31-26(25(19)23(16)20)18-8-5-7-17(13-18)15-29/h6,9-14,18,26,28-29H,5,7-8,15H2,1-4H3/t18?,26-/m1/s1. The van der Waals surface area contributed by atoms with Crippen molar-refractivity contribution < 1.29 is 14.6 Å². The van der Waals surface area contributed by atoms with Gasteiger partial charge in [0.25, 0.3) is 0 Å². The Labute approximate surface area is 184 Å². The van der Waals surface area contributed by atoms with E-state index in [4.69, 9.17) is 9.47 Å². The van der Waals surface area contributed by atoms with Gasteiger partial charge in [0.05, 0.1) is 24.8 Å². The van der Waals surface area contributed by atoms with Gasteiger partial charge in [-0.25, -0.2) is 0 Å². The number of fused-ring (bicyclic) bond motifs is 5. The summed E-state index contributed by atoms with van der Waals surface area (Å²) >= 11 is 0. The molecule has 4 heteroatoms. The van der Waals surface area contributed by atoms with Crippen LogP contribution in [0.25, 0.3) is 16.7 Å². The third-order valence-electron chi connectivity index (χ3n) is 6.77. The molecule has 31 heavy (non-hydrogen) atoms. The van der Waals surface area contributed by atoms with Crippen molar-refractivity contribution in [2.24, 2.45) is 5.92 Å². The van der Waals surface area contributed by atoms with Gasteiger partial charge in [-0.15, -0.1) is 0 Å². The van der Waals surface area contributed by atoms with Crippen LogP contribution < -0.4 is 14.8 Å². The number of allylic oxidation sites excluding steroid dienone is 1. The number of aliphatic hydroxyl groups excluding tert-OH is 1. The Morgan fingerprint density at radius 3 is 2.81 bits per heavy atom. The van der Waals surface area contributed by atoms with Crippen LogP contribution in [0.1, 0.15) is 57.3 Å². The van der Waals surface area contributed by atoms with Gasteiger partial charge in [0.2, 0.25) is 0 Å². The smallest absolute Gasteiger partial charge is 0.131 e. The second-order valence-corrected chi connectivity index (χ2v) is 9.53. The van der Waals surface area contributed by atoms with Gasteiger partial charge in [-0.2, -0.15) is 0 Å². The fourth-order valence-corrected chi connectivity index (χ4v) is 5.61. The van der Waals surface area contributed by atoms with Crippen molar-refractivity contribution in [3.8, 4) is 22.6 Å². The molecule has 0 fully saturated rings. The van der Waals surface area contributed by atoms with Gasteiger partial charge in [0, 0.05) is 22.7 Å². The Kier molecular flexibility index (Phi) is 4.86. The summed E-state index contributed by atoms with van der Waals surface area (Å²) in [6, 6.07) is 10.4. The molecule has 3 aliphatic rings. The number of benzene rings is 2. The first kappa shape index (κ1) is 20.2. The van der Waals surface area contributed by atoms with Crippen LogP contribution >= 0.6 is 0 Å². The number of hydrogen-bond donors (Lipinski definition) is 2. The average molecular weight is 418 g/mol. The lowest BCUT2D eigenvalue weighted by Gasteiger charge is -2.40. The molecule has 2 aromatic carbocycles. The summed E-state index contributed by atoms with van der Waals surface area (Å²) in [7, 11) is 1.71. The summed E-state index contributed by atoms with van der Waals surface area (Å²) in [4.78, 5) is 0. The second-order valence-electron chi connectivity index (χ2n) is 9.53. The maximum absolute atomic E-state index is 9.78. The fourth-order valence-electron chi connectivity index (χ4n) is 5.61. The van der Waals surface area contributed by atoms with Crippen molar-refractivity contribution >= 4 is 11.3 Å². The van der Waals surface area contributed by atoms with Gasteiger partial charge < -0.3 is 19.9 Å². The van der Waals surface area contributed by atoms with Gasteiger partial charge in [0.15, 0.2) is 0 Å². The lowest BCUT2D eigenvalue weighted by molar-refractivity contribution is 0.143. The molecule has 0 saturated carbocycles. The first-order valence-electron chi connectivity index (χ1n) is 11.2. The van der Waals surface area contributed by atoms with Crippen LogP contribution in [0.3, 0.4) is 0 Å². The van der Waals surface area contributed by atoms with E-state index in [2.05, 4.69) is 50.4 Å². The average Bonchev–Trinajstić information content (AvgIpc) is 2.76. The molecule has 0 saturated heterocycles. The summed E-state index contributed by atoms with van der Waals surface area (Å²) in [5, 5.41) is 13.5. The molecule has 1 unspecified atom stereocenters. The van der Waals surface area contributed by atoms with Crippen LogP contribution in [-0.2, 0) is 0 Å². The molecule has 5 rings (SSSR count). The van der Waals surface area contributed by atoms with Crippen molar-refractivity contribution in [2.75, 3.05) is 19.0 Å². The van der Waals surface area contributed by atoms with E-state index in [0.717, 1.165) is 47.6 Å². The molecule has 2 heterocycles. The minimum atomic E-state index is -0.0993. The third kappa shape index (κ3) is 3.34. The van der Waals surface area contributed by atoms with Crippen molar-refractivity contribution in [3.05, 3.63) is 59.2 Å². The van der Waals surface area contributed by atoms with E-state index in [-0.39, 0.29) is 24.2 Å². The highest BCUT2D eigenvalue weighted by molar-refractivity contribution is 5.91. The molecule has 0 amide bonds. The number of anilines is 1. The van der Waals surface area contributed by atoms with Crippen molar-refractivity contribution in [1.82, 2.24) is 0 Å². The number of methoxy groups -OCH3 is 1. The van der Waals surface area contributed by atoms with Crippen LogP contribution in [0, 0.1) is 5.92 Å². The van der Waals surface area contributed by atoms with Crippen molar-refractivity contribution in [1.29, 1.82) is 0 Å². The van der Waals surface area contributed by atoms with Gasteiger partial charge >= 0.3 is 0 Å². The first-order valence-corrected chi connectivity index (χ1v) is 11.2. The minimum absolute atomic E-state index is 0.0965. The predicted molar refractivity (Wildman–Crippen MR) is 126 cm³/mol. The Hall–Kier alpha value is -2.72. The minimum Gasteiger partial charge on any atom is -0.496 e. The monoisotopic (exact) mass is 417 g/mol. The van der Waals surface area contributed by atoms with Crippen LogP contribution in [0.15, 0.2) is 48.1 Å². The summed E-state index contributed by atoms with van der Waals surface area (Å²) in [6.07, 6.45) is 7.56. The van der Waals surface area contributed by atoms with Gasteiger partial charge in [-0.1, -0.05) is 24.3 Å². The maximum Gasteiger partial charge on any atom is 0.131 e. The Morgan fingerprint density at radius 1 is 1.19 bits per heavy atom. The van der Waals surface area contributed by atoms with Crippen LogP contribution in [-0.4, -0.2) is 24.4 Å². The number of hydrogen-bond acceptors (Lipinski definition) is 4. The lowest BCUT2D eigenvalue weighted by atomic mass is 9.76. The SMILES string of the molecule is COc1cccc2c1-c1ccc3c(c1[C@@H](C1C=C(CO)CCC1)O2)C(C)=CC(C)(C)N3. The quantitative estimate of drug-likeness (QED) is 0.591. The summed E-state index contributed by atoms with van der Waals surface area (Å²) < 4.78 is 12.5. The third-order valence-corrected chi connectivity index (χ3v) is 6.77. The van der Waals surface area contributed by atoms with E-state index in [1.165, 1.54) is 22.3 Å². The van der Waals surface area contributed by atoms with E-state index >= 15 is 0 Å². The normalized spacial score (nSPS) is 23.3. The van der Waals surface area contributed by atoms with Gasteiger partial charge in [-0.05, 0) is 74.9 Å². The molecule has 0 aromatic heterocycles. The molecule has 2 aliphatic heterocycles. The zero-order chi connectivity index (χ0) is 21.8. The van der Waals surface area contributed by atoms with Crippen LogP contribution in [0.2, 0.25) is 0 Å². The molecular formula is C27H31NO3. The highest BCUT2D eigenvalue weighted by Gasteiger charge is 2.38. The molecule has 1 aliphatic carbocycles. The van der Waals surface area contributed by atoms with E-state index in [0.29, 0.717) is 0 Å². The summed E-state index contributed by atoms with van der Waals surface area (Å²) in [5.41, 5.74) is 8.12. The summed E-state index contributed by atoms with van der Waals surface area (Å²) in [6.45, 7) is 6.72. The van der Waals surface area contributed by atoms with Crippen LogP contribution in [0.5, 0.6) is 11.5 Å². The Bertz CT molecular complexity index is 1100. The van der Waals surface area contributed by atoms with Crippen LogP contribution in [0.4, 0.5) is 5.69 Å². The molecule has 0 radical (unpaired) electrons. The molecule has 2 N–H and O–H groups in total. The zero-order valence-corrected chi connectivity index (χ0v) is 18.8. The highest BCUT2D eigenvalue weighted by Crippen LogP contribution is 2.54. The number of aliphatic hydroxyl groups is 1. The molecular weight excluding hydrogens is 386 g/mol. The lowest BCUT2D eigenvalue weighted by Crippen LogP contribution is -2.33. The molecule has 0 bridgehead atoms. The number of nitrogens with one attached hydrogen (secondary N) is 1. The molecule has 2 atom stereocenters. The molecule has 0 spiro atoms. The van der Waals surface area contributed by atoms with E-state index in [9.17, 15) is 5.11 Å². The summed E-state index contributed by atoms with van der Waals surface area (Å²) in [5.74, 6) is 1.92. The molecule has 2 aromatic rings. The topological polar surface area (TPSA) is 50.7 Å². The Balaban J connectivity index is 1.76. The fraction of sp³-hybridized carbons (Fsp3) is 0.407. The zero-order valence-electron chi connectivity index (χ0n) is 18.8. The van der Waals surface area contributed by atoms with Crippen molar-refractivity contribution in [3.63, 3.8) is 0 Å². The van der Waals surface area contributed by atoms with E-state index in [1.54, 1.807) is 7.11 Å². The van der Waals surface area contributed by atoms with Gasteiger partial charge in [-0.3, -0.25) is 0 Å². The molecule has 162 valence electrons.